The first kappa shape index (κ1) is 13.0. The van der Waals surface area contributed by atoms with E-state index in [2.05, 4.69) is 26.2 Å². The minimum Gasteiger partial charge on any atom is -0.378 e. The first-order chi connectivity index (χ1) is 8.56. The zero-order valence-corrected chi connectivity index (χ0v) is 11.8. The molecule has 1 unspecified atom stereocenters. The van der Waals surface area contributed by atoms with Gasteiger partial charge in [-0.2, -0.15) is 0 Å². The highest BCUT2D eigenvalue weighted by atomic mass is 79.9. The van der Waals surface area contributed by atoms with Gasteiger partial charge >= 0.3 is 0 Å². The maximum atomic E-state index is 13.1. The number of halogens is 2. The summed E-state index contributed by atoms with van der Waals surface area (Å²) in [5.74, 6) is -0.312. The van der Waals surface area contributed by atoms with E-state index in [1.54, 1.807) is 6.20 Å². The van der Waals surface area contributed by atoms with Gasteiger partial charge in [0.15, 0.2) is 0 Å². The third kappa shape index (κ3) is 3.07. The molecule has 2 rings (SSSR count). The Hall–Kier alpha value is -1.42. The van der Waals surface area contributed by atoms with Gasteiger partial charge < -0.3 is 5.32 Å². The summed E-state index contributed by atoms with van der Waals surface area (Å²) in [6.07, 6.45) is 2.88. The molecule has 0 saturated carbocycles. The van der Waals surface area contributed by atoms with E-state index in [1.165, 1.54) is 12.3 Å². The second-order valence-electron chi connectivity index (χ2n) is 4.27. The molecule has 4 heteroatoms. The number of benzene rings is 1. The molecule has 0 aliphatic rings. The van der Waals surface area contributed by atoms with Crippen molar-refractivity contribution in [1.82, 2.24) is 4.98 Å². The molecule has 0 bridgehead atoms. The van der Waals surface area contributed by atoms with Crippen molar-refractivity contribution in [2.24, 2.45) is 0 Å². The number of pyridine rings is 1. The number of aromatic nitrogens is 1. The van der Waals surface area contributed by atoms with Crippen molar-refractivity contribution in [3.05, 3.63) is 58.1 Å². The summed E-state index contributed by atoms with van der Waals surface area (Å²) in [6, 6.07) is 7.53. The largest absolute Gasteiger partial charge is 0.378 e. The number of hydrogen-bond donors (Lipinski definition) is 1. The Balaban J connectivity index is 2.16. The lowest BCUT2D eigenvalue weighted by molar-refractivity contribution is 0.616. The number of rotatable bonds is 3. The van der Waals surface area contributed by atoms with Crippen molar-refractivity contribution in [2.75, 3.05) is 5.32 Å². The van der Waals surface area contributed by atoms with Gasteiger partial charge in [0.05, 0.1) is 12.2 Å². The quantitative estimate of drug-likeness (QED) is 0.905. The number of anilines is 1. The van der Waals surface area contributed by atoms with Crippen molar-refractivity contribution in [1.29, 1.82) is 0 Å². The van der Waals surface area contributed by atoms with Crippen molar-refractivity contribution in [2.45, 2.75) is 19.9 Å². The molecule has 1 aromatic heterocycles. The van der Waals surface area contributed by atoms with E-state index in [9.17, 15) is 4.39 Å². The molecule has 1 atom stereocenters. The molecule has 0 radical (unpaired) electrons. The van der Waals surface area contributed by atoms with Gasteiger partial charge in [0.1, 0.15) is 5.82 Å². The molecule has 1 heterocycles. The molecule has 0 spiro atoms. The number of aryl methyl sites for hydroxylation is 1. The van der Waals surface area contributed by atoms with Crippen molar-refractivity contribution < 1.29 is 4.39 Å². The molecule has 18 heavy (non-hydrogen) atoms. The van der Waals surface area contributed by atoms with Crippen LogP contribution in [0.15, 0.2) is 41.1 Å². The lowest BCUT2D eigenvalue weighted by Gasteiger charge is -2.16. The molecule has 94 valence electrons. The van der Waals surface area contributed by atoms with E-state index in [0.29, 0.717) is 0 Å². The lowest BCUT2D eigenvalue weighted by atomic mass is 10.1. The summed E-state index contributed by atoms with van der Waals surface area (Å²) >= 11 is 3.46. The van der Waals surface area contributed by atoms with Crippen LogP contribution >= 0.6 is 15.9 Å². The first-order valence-electron chi connectivity index (χ1n) is 5.69. The molecule has 0 amide bonds. The van der Waals surface area contributed by atoms with Crippen LogP contribution in [0.25, 0.3) is 0 Å². The minimum absolute atomic E-state index is 0.00813. The van der Waals surface area contributed by atoms with Gasteiger partial charge in [-0.05, 0) is 49.2 Å². The van der Waals surface area contributed by atoms with E-state index in [4.69, 9.17) is 0 Å². The van der Waals surface area contributed by atoms with Crippen molar-refractivity contribution in [3.63, 3.8) is 0 Å². The maximum Gasteiger partial charge on any atom is 0.141 e. The maximum absolute atomic E-state index is 13.1. The molecule has 1 aromatic carbocycles. The average Bonchev–Trinajstić information content (AvgIpc) is 2.34. The van der Waals surface area contributed by atoms with Crippen LogP contribution in [0, 0.1) is 12.7 Å². The fourth-order valence-corrected chi connectivity index (χ4v) is 1.98. The predicted molar refractivity (Wildman–Crippen MR) is 75.1 cm³/mol. The van der Waals surface area contributed by atoms with Crippen LogP contribution in [-0.4, -0.2) is 4.98 Å². The normalized spacial score (nSPS) is 12.2. The van der Waals surface area contributed by atoms with Crippen LogP contribution in [0.1, 0.15) is 24.1 Å². The van der Waals surface area contributed by atoms with Gasteiger partial charge in [-0.3, -0.25) is 4.98 Å². The Bertz CT molecular complexity index is 557. The standard InChI is InChI=1S/C14H14BrFN2/c1-9-5-13(3-4-14(9)15)18-10(2)11-6-12(16)8-17-7-11/h3-8,10,18H,1-2H3. The third-order valence-electron chi connectivity index (χ3n) is 2.77. The van der Waals surface area contributed by atoms with Crippen LogP contribution in [0.2, 0.25) is 0 Å². The summed E-state index contributed by atoms with van der Waals surface area (Å²) < 4.78 is 14.2. The predicted octanol–water partition coefficient (Wildman–Crippen LogP) is 4.46. The van der Waals surface area contributed by atoms with E-state index >= 15 is 0 Å². The summed E-state index contributed by atoms with van der Waals surface area (Å²) in [7, 11) is 0. The van der Waals surface area contributed by atoms with Crippen LogP contribution < -0.4 is 5.32 Å². The van der Waals surface area contributed by atoms with E-state index in [1.807, 2.05) is 32.0 Å². The van der Waals surface area contributed by atoms with Crippen molar-refractivity contribution >= 4 is 21.6 Å². The molecule has 0 aliphatic carbocycles. The monoisotopic (exact) mass is 308 g/mol. The second kappa shape index (κ2) is 5.48. The number of nitrogens with one attached hydrogen (secondary N) is 1. The van der Waals surface area contributed by atoms with Gasteiger partial charge in [0, 0.05) is 16.4 Å². The zero-order valence-electron chi connectivity index (χ0n) is 10.2. The Morgan fingerprint density at radius 2 is 2.06 bits per heavy atom. The Morgan fingerprint density at radius 3 is 2.72 bits per heavy atom. The van der Waals surface area contributed by atoms with Crippen molar-refractivity contribution in [3.8, 4) is 0 Å². The van der Waals surface area contributed by atoms with Crippen LogP contribution in [0.4, 0.5) is 10.1 Å². The molecular weight excluding hydrogens is 295 g/mol. The zero-order chi connectivity index (χ0) is 13.1. The fourth-order valence-electron chi connectivity index (χ4n) is 1.73. The summed E-state index contributed by atoms with van der Waals surface area (Å²) in [4.78, 5) is 3.86. The minimum atomic E-state index is -0.312. The Morgan fingerprint density at radius 1 is 1.28 bits per heavy atom. The van der Waals surface area contributed by atoms with Gasteiger partial charge in [0.25, 0.3) is 0 Å². The van der Waals surface area contributed by atoms with Gasteiger partial charge in [-0.15, -0.1) is 0 Å². The highest BCUT2D eigenvalue weighted by Crippen LogP contribution is 2.23. The molecule has 2 aromatic rings. The smallest absolute Gasteiger partial charge is 0.141 e. The molecule has 2 nitrogen and oxygen atoms in total. The summed E-state index contributed by atoms with van der Waals surface area (Å²) in [5, 5.41) is 3.33. The van der Waals surface area contributed by atoms with E-state index < -0.39 is 0 Å². The molecular formula is C14H14BrFN2. The molecule has 1 N–H and O–H groups in total. The average molecular weight is 309 g/mol. The topological polar surface area (TPSA) is 24.9 Å². The van der Waals surface area contributed by atoms with Crippen LogP contribution in [0.5, 0.6) is 0 Å². The highest BCUT2D eigenvalue weighted by molar-refractivity contribution is 9.10. The third-order valence-corrected chi connectivity index (χ3v) is 3.66. The van der Waals surface area contributed by atoms with Gasteiger partial charge in [-0.25, -0.2) is 4.39 Å². The molecule has 0 saturated heterocycles. The molecule has 0 aliphatic heterocycles. The van der Waals surface area contributed by atoms with Crippen LogP contribution in [-0.2, 0) is 0 Å². The van der Waals surface area contributed by atoms with E-state index in [-0.39, 0.29) is 11.9 Å². The summed E-state index contributed by atoms with van der Waals surface area (Å²) in [6.45, 7) is 4.01. The summed E-state index contributed by atoms with van der Waals surface area (Å²) in [5.41, 5.74) is 2.99. The second-order valence-corrected chi connectivity index (χ2v) is 5.12. The lowest BCUT2D eigenvalue weighted by Crippen LogP contribution is -2.07. The first-order valence-corrected chi connectivity index (χ1v) is 6.48. The van der Waals surface area contributed by atoms with Crippen LogP contribution in [0.3, 0.4) is 0 Å². The Labute approximate surface area is 114 Å². The SMILES string of the molecule is Cc1cc(NC(C)c2cncc(F)c2)ccc1Br. The highest BCUT2D eigenvalue weighted by Gasteiger charge is 2.07. The fraction of sp³-hybridized carbons (Fsp3) is 0.214. The number of nitrogens with zero attached hydrogens (tertiary/aromatic N) is 1. The van der Waals surface area contributed by atoms with E-state index in [0.717, 1.165) is 21.3 Å². The Kier molecular flexibility index (Phi) is 3.97. The number of hydrogen-bond acceptors (Lipinski definition) is 2. The van der Waals surface area contributed by atoms with Gasteiger partial charge in [-0.1, -0.05) is 15.9 Å². The molecule has 0 fully saturated rings. The van der Waals surface area contributed by atoms with Gasteiger partial charge in [0.2, 0.25) is 0 Å².